The summed E-state index contributed by atoms with van der Waals surface area (Å²) in [7, 11) is 1.59. The van der Waals surface area contributed by atoms with E-state index >= 15 is 0 Å². The molecule has 0 amide bonds. The van der Waals surface area contributed by atoms with E-state index in [-0.39, 0.29) is 17.7 Å². The summed E-state index contributed by atoms with van der Waals surface area (Å²) in [6.07, 6.45) is 9.10. The summed E-state index contributed by atoms with van der Waals surface area (Å²) < 4.78 is 6.67. The summed E-state index contributed by atoms with van der Waals surface area (Å²) in [5.41, 5.74) is 0.276. The zero-order chi connectivity index (χ0) is 18.9. The highest BCUT2D eigenvalue weighted by molar-refractivity contribution is 5.50. The zero-order valence-corrected chi connectivity index (χ0v) is 15.5. The number of allylic oxidation sites excluding steroid dienone is 1. The minimum absolute atomic E-state index is 0.213. The van der Waals surface area contributed by atoms with E-state index in [0.717, 1.165) is 31.2 Å². The van der Waals surface area contributed by atoms with Crippen molar-refractivity contribution in [2.24, 2.45) is 0 Å². The van der Waals surface area contributed by atoms with Gasteiger partial charge in [-0.2, -0.15) is 0 Å². The van der Waals surface area contributed by atoms with E-state index in [4.69, 9.17) is 4.74 Å². The molecule has 138 valence electrons. The molecule has 1 aromatic carbocycles. The van der Waals surface area contributed by atoms with E-state index in [1.807, 2.05) is 30.3 Å². The van der Waals surface area contributed by atoms with Gasteiger partial charge < -0.3 is 9.72 Å². The van der Waals surface area contributed by atoms with Crippen LogP contribution >= 0.6 is 0 Å². The molecule has 0 aliphatic heterocycles. The number of hydrogen-bond donors (Lipinski definition) is 1. The lowest BCUT2D eigenvalue weighted by Crippen LogP contribution is -2.53. The van der Waals surface area contributed by atoms with Crippen LogP contribution in [0.1, 0.15) is 38.2 Å². The van der Waals surface area contributed by atoms with Crippen molar-refractivity contribution in [3.63, 3.8) is 0 Å². The van der Waals surface area contributed by atoms with E-state index in [1.165, 1.54) is 4.57 Å². The third-order valence-electron chi connectivity index (χ3n) is 4.11. The summed E-state index contributed by atoms with van der Waals surface area (Å²) in [6.45, 7) is 6.10. The number of unbranched alkanes of at least 4 members (excludes halogenated alkanes) is 3. The highest BCUT2D eigenvalue weighted by Gasteiger charge is 2.04. The van der Waals surface area contributed by atoms with Gasteiger partial charge in [0.25, 0.3) is 11.1 Å². The fourth-order valence-electron chi connectivity index (χ4n) is 2.74. The van der Waals surface area contributed by atoms with Gasteiger partial charge in [0.05, 0.1) is 7.11 Å². The Bertz CT molecular complexity index is 984. The molecule has 0 fully saturated rings. The van der Waals surface area contributed by atoms with Crippen LogP contribution in [0.2, 0.25) is 0 Å². The number of nitrogens with zero attached hydrogens (tertiary/aromatic N) is 1. The van der Waals surface area contributed by atoms with Crippen LogP contribution < -0.4 is 26.6 Å². The predicted molar refractivity (Wildman–Crippen MR) is 106 cm³/mol. The fourth-order valence-corrected chi connectivity index (χ4v) is 2.74. The average molecular weight is 354 g/mol. The summed E-state index contributed by atoms with van der Waals surface area (Å²) >= 11 is 0. The maximum absolute atomic E-state index is 12.8. The number of H-pyrrole nitrogens is 1. The standard InChI is InChI=1S/C21H26N2O3/c1-4-6-7-8-12-18-21(25)23(13-5-2)19(20(24)22-18)15-16-10-9-11-17(14-16)26-3/h5,9-12,14-15H,2,4,6-8,13H2,1,3H3,(H,22,24)/b18-12-,19-15-. The zero-order valence-electron chi connectivity index (χ0n) is 15.5. The molecule has 0 radical (unpaired) electrons. The summed E-state index contributed by atoms with van der Waals surface area (Å²) in [5, 5.41) is 0.643. The molecule has 1 aromatic heterocycles. The van der Waals surface area contributed by atoms with Gasteiger partial charge in [-0.1, -0.05) is 44.1 Å². The number of ether oxygens (including phenoxy) is 1. The molecule has 1 N–H and O–H groups in total. The fraction of sp³-hybridized carbons (Fsp3) is 0.333. The lowest BCUT2D eigenvalue weighted by atomic mass is 10.2. The van der Waals surface area contributed by atoms with E-state index in [9.17, 15) is 9.59 Å². The van der Waals surface area contributed by atoms with Gasteiger partial charge in [-0.05, 0) is 36.6 Å². The monoisotopic (exact) mass is 354 g/mol. The van der Waals surface area contributed by atoms with Crippen LogP contribution in [-0.2, 0) is 6.54 Å². The van der Waals surface area contributed by atoms with E-state index in [0.29, 0.717) is 16.4 Å². The van der Waals surface area contributed by atoms with Gasteiger partial charge in [0.15, 0.2) is 0 Å². The van der Waals surface area contributed by atoms with Gasteiger partial charge in [0.2, 0.25) is 0 Å². The first-order valence-corrected chi connectivity index (χ1v) is 8.90. The van der Waals surface area contributed by atoms with Crippen molar-refractivity contribution < 1.29 is 4.74 Å². The normalized spacial score (nSPS) is 12.4. The maximum atomic E-state index is 12.8. The Morgan fingerprint density at radius 2 is 2.08 bits per heavy atom. The second-order valence-corrected chi connectivity index (χ2v) is 6.08. The van der Waals surface area contributed by atoms with Crippen LogP contribution in [0.5, 0.6) is 5.75 Å². The van der Waals surface area contributed by atoms with Crippen molar-refractivity contribution in [2.75, 3.05) is 7.11 Å². The van der Waals surface area contributed by atoms with Crippen LogP contribution in [0, 0.1) is 0 Å². The van der Waals surface area contributed by atoms with Crippen LogP contribution in [-0.4, -0.2) is 16.7 Å². The molecule has 2 aromatic rings. The third kappa shape index (κ3) is 4.85. The number of rotatable bonds is 8. The van der Waals surface area contributed by atoms with Gasteiger partial charge in [-0.25, -0.2) is 0 Å². The van der Waals surface area contributed by atoms with E-state index in [1.54, 1.807) is 19.3 Å². The quantitative estimate of drug-likeness (QED) is 0.582. The lowest BCUT2D eigenvalue weighted by molar-refractivity contribution is 0.414. The largest absolute Gasteiger partial charge is 0.497 e. The predicted octanol–water partition coefficient (Wildman–Crippen LogP) is 1.92. The topological polar surface area (TPSA) is 64.1 Å². The van der Waals surface area contributed by atoms with Crippen LogP contribution in [0.25, 0.3) is 12.2 Å². The molecule has 0 aliphatic carbocycles. The molecule has 0 aliphatic rings. The number of methoxy groups -OCH3 is 1. The molecule has 1 heterocycles. The van der Waals surface area contributed by atoms with E-state index < -0.39 is 0 Å². The van der Waals surface area contributed by atoms with Crippen LogP contribution in [0.4, 0.5) is 0 Å². The van der Waals surface area contributed by atoms with Crippen molar-refractivity contribution in [3.05, 3.63) is 73.9 Å². The number of benzene rings is 1. The highest BCUT2D eigenvalue weighted by atomic mass is 16.5. The molecule has 0 atom stereocenters. The Labute approximate surface area is 153 Å². The molecule has 0 bridgehead atoms. The number of aromatic amines is 1. The van der Waals surface area contributed by atoms with Crippen molar-refractivity contribution in [1.29, 1.82) is 0 Å². The second-order valence-electron chi connectivity index (χ2n) is 6.08. The number of aromatic nitrogens is 2. The number of nitrogens with one attached hydrogen (secondary N) is 1. The Balaban J connectivity index is 2.61. The van der Waals surface area contributed by atoms with Gasteiger partial charge in [-0.15, -0.1) is 6.58 Å². The maximum Gasteiger partial charge on any atom is 0.274 e. The summed E-state index contributed by atoms with van der Waals surface area (Å²) in [6, 6.07) is 7.33. The van der Waals surface area contributed by atoms with Crippen molar-refractivity contribution in [2.45, 2.75) is 39.2 Å². The van der Waals surface area contributed by atoms with Crippen molar-refractivity contribution in [1.82, 2.24) is 9.55 Å². The molecule has 0 spiro atoms. The molecule has 5 heteroatoms. The van der Waals surface area contributed by atoms with Crippen molar-refractivity contribution >= 4 is 12.2 Å². The Morgan fingerprint density at radius 1 is 1.27 bits per heavy atom. The van der Waals surface area contributed by atoms with E-state index in [2.05, 4.69) is 18.5 Å². The smallest absolute Gasteiger partial charge is 0.274 e. The minimum Gasteiger partial charge on any atom is -0.497 e. The molecular formula is C21H26N2O3. The molecule has 26 heavy (non-hydrogen) atoms. The van der Waals surface area contributed by atoms with Gasteiger partial charge in [-0.3, -0.25) is 14.2 Å². The minimum atomic E-state index is -0.295. The molecular weight excluding hydrogens is 328 g/mol. The molecule has 0 unspecified atom stereocenters. The highest BCUT2D eigenvalue weighted by Crippen LogP contribution is 2.12. The van der Waals surface area contributed by atoms with Gasteiger partial charge >= 0.3 is 0 Å². The lowest BCUT2D eigenvalue weighted by Gasteiger charge is -2.05. The Morgan fingerprint density at radius 3 is 2.77 bits per heavy atom. The first kappa shape index (κ1) is 19.5. The first-order valence-electron chi connectivity index (χ1n) is 8.90. The summed E-state index contributed by atoms with van der Waals surface area (Å²) in [4.78, 5) is 28.1. The van der Waals surface area contributed by atoms with Crippen LogP contribution in [0.15, 0.2) is 46.5 Å². The van der Waals surface area contributed by atoms with Gasteiger partial charge in [0.1, 0.15) is 16.4 Å². The molecule has 0 saturated heterocycles. The molecule has 5 nitrogen and oxygen atoms in total. The molecule has 2 rings (SSSR count). The van der Waals surface area contributed by atoms with Crippen LogP contribution in [0.3, 0.4) is 0 Å². The van der Waals surface area contributed by atoms with Gasteiger partial charge in [0, 0.05) is 6.54 Å². The average Bonchev–Trinajstić information content (AvgIpc) is 2.65. The molecule has 0 saturated carbocycles. The Kier molecular flexibility index (Phi) is 7.21. The SMILES string of the molecule is C=CCn1c(=O)/c(=C/CCCCC)[nH]c(=O)/c1=C/c1cccc(OC)c1. The summed E-state index contributed by atoms with van der Waals surface area (Å²) in [5.74, 6) is 0.689. The number of hydrogen-bond acceptors (Lipinski definition) is 3. The third-order valence-corrected chi connectivity index (χ3v) is 4.11. The first-order chi connectivity index (χ1) is 12.6. The Hall–Kier alpha value is -2.82. The second kappa shape index (κ2) is 9.61. The van der Waals surface area contributed by atoms with Crippen molar-refractivity contribution in [3.8, 4) is 5.75 Å².